The van der Waals surface area contributed by atoms with Gasteiger partial charge >= 0.3 is 0 Å². The first-order chi connectivity index (χ1) is 7.13. The van der Waals surface area contributed by atoms with E-state index in [0.717, 1.165) is 0 Å². The number of aliphatic hydroxyl groups excluding tert-OH is 1. The monoisotopic (exact) mass is 246 g/mol. The van der Waals surface area contributed by atoms with E-state index in [-0.39, 0.29) is 11.4 Å². The average Bonchev–Trinajstić information content (AvgIpc) is 2.09. The average molecular weight is 246 g/mol. The highest BCUT2D eigenvalue weighted by Crippen LogP contribution is 2.11. The van der Waals surface area contributed by atoms with Crippen LogP contribution in [-0.2, 0) is 4.74 Å². The second kappa shape index (κ2) is 6.51. The van der Waals surface area contributed by atoms with E-state index in [1.165, 1.54) is 0 Å². The largest absolute Gasteiger partial charge is 0.391 e. The first-order valence-corrected chi connectivity index (χ1v) is 5.92. The maximum absolute atomic E-state index is 9.49. The zero-order valence-corrected chi connectivity index (χ0v) is 11.5. The van der Waals surface area contributed by atoms with Crippen LogP contribution in [-0.4, -0.2) is 39.4 Å². The first kappa shape index (κ1) is 15.8. The highest BCUT2D eigenvalue weighted by molar-refractivity contribution is 7.81. The summed E-state index contributed by atoms with van der Waals surface area (Å²) in [6.45, 7) is 8.52. The van der Waals surface area contributed by atoms with E-state index in [9.17, 15) is 10.2 Å². The smallest absolute Gasteiger partial charge is 0.130 e. The minimum atomic E-state index is -1.04. The van der Waals surface area contributed by atoms with Gasteiger partial charge in [-0.25, -0.2) is 0 Å². The van der Waals surface area contributed by atoms with E-state index in [2.05, 4.69) is 24.5 Å². The van der Waals surface area contributed by atoms with Gasteiger partial charge in [0.1, 0.15) is 11.7 Å². The van der Waals surface area contributed by atoms with Crippen LogP contribution in [0, 0.1) is 11.8 Å². The summed E-state index contributed by atoms with van der Waals surface area (Å²) in [6.07, 6.45) is -1.27. The summed E-state index contributed by atoms with van der Waals surface area (Å²) in [5, 5.41) is 18.7. The molecule has 0 aromatic rings. The van der Waals surface area contributed by atoms with Crippen molar-refractivity contribution >= 4 is 12.6 Å². The van der Waals surface area contributed by atoms with Gasteiger partial charge in [0, 0.05) is 5.25 Å². The van der Waals surface area contributed by atoms with Gasteiger partial charge in [-0.2, -0.15) is 12.6 Å². The zero-order valence-electron chi connectivity index (χ0n) is 10.6. The van der Waals surface area contributed by atoms with E-state index in [1.54, 1.807) is 27.7 Å². The molecule has 0 amide bonds. The lowest BCUT2D eigenvalue weighted by atomic mass is 10.1. The SMILES string of the molecule is C[C@@H](O)[C@@H](C)O[C@@H](C#CC(C)(C)O)[C@@H](C)S. The molecule has 0 aromatic carbocycles. The molecule has 2 N–H and O–H groups in total. The van der Waals surface area contributed by atoms with Gasteiger partial charge < -0.3 is 14.9 Å². The minimum absolute atomic E-state index is 0.0870. The van der Waals surface area contributed by atoms with Gasteiger partial charge in [-0.3, -0.25) is 0 Å². The van der Waals surface area contributed by atoms with Crippen molar-refractivity contribution in [1.29, 1.82) is 0 Å². The van der Waals surface area contributed by atoms with E-state index >= 15 is 0 Å². The van der Waals surface area contributed by atoms with Gasteiger partial charge in [-0.05, 0) is 27.7 Å². The number of hydrogen-bond acceptors (Lipinski definition) is 4. The van der Waals surface area contributed by atoms with Gasteiger partial charge in [0.25, 0.3) is 0 Å². The topological polar surface area (TPSA) is 49.7 Å². The Hall–Kier alpha value is -0.210. The molecule has 0 aliphatic carbocycles. The predicted molar refractivity (Wildman–Crippen MR) is 68.5 cm³/mol. The van der Waals surface area contributed by atoms with Gasteiger partial charge in [-0.15, -0.1) is 0 Å². The molecule has 0 radical (unpaired) electrons. The second-order valence-electron chi connectivity index (χ2n) is 4.57. The predicted octanol–water partition coefficient (Wildman–Crippen LogP) is 1.23. The van der Waals surface area contributed by atoms with Crippen LogP contribution in [0.25, 0.3) is 0 Å². The molecule has 16 heavy (non-hydrogen) atoms. The summed E-state index contributed by atoms with van der Waals surface area (Å²) in [4.78, 5) is 0. The molecule has 0 bridgehead atoms. The number of thiol groups is 1. The Labute approximate surface area is 104 Å². The molecular formula is C12H22O3S. The fourth-order valence-electron chi connectivity index (χ4n) is 0.861. The van der Waals surface area contributed by atoms with Crippen molar-refractivity contribution in [3.05, 3.63) is 0 Å². The van der Waals surface area contributed by atoms with E-state index in [0.29, 0.717) is 0 Å². The molecule has 4 atom stereocenters. The molecule has 0 aliphatic heterocycles. The van der Waals surface area contributed by atoms with Crippen molar-refractivity contribution in [2.45, 2.75) is 63.8 Å². The van der Waals surface area contributed by atoms with Crippen molar-refractivity contribution in [1.82, 2.24) is 0 Å². The molecule has 0 saturated carbocycles. The third-order valence-corrected chi connectivity index (χ3v) is 2.27. The summed E-state index contributed by atoms with van der Waals surface area (Å²) in [5.74, 6) is 5.53. The summed E-state index contributed by atoms with van der Waals surface area (Å²) >= 11 is 4.28. The summed E-state index contributed by atoms with van der Waals surface area (Å²) in [7, 11) is 0. The third kappa shape index (κ3) is 7.13. The van der Waals surface area contributed by atoms with E-state index < -0.39 is 17.8 Å². The Morgan fingerprint density at radius 1 is 1.25 bits per heavy atom. The van der Waals surface area contributed by atoms with Crippen molar-refractivity contribution in [3.63, 3.8) is 0 Å². The molecule has 0 aromatic heterocycles. The quantitative estimate of drug-likeness (QED) is 0.516. The number of rotatable bonds is 4. The maximum Gasteiger partial charge on any atom is 0.130 e. The van der Waals surface area contributed by atoms with Gasteiger partial charge in [0.15, 0.2) is 0 Å². The fraction of sp³-hybridized carbons (Fsp3) is 0.833. The Morgan fingerprint density at radius 2 is 1.75 bits per heavy atom. The highest BCUT2D eigenvalue weighted by atomic mass is 32.1. The lowest BCUT2D eigenvalue weighted by Crippen LogP contribution is -2.32. The normalized spacial score (nSPS) is 19.2. The summed E-state index contributed by atoms with van der Waals surface area (Å²) < 4.78 is 5.56. The van der Waals surface area contributed by atoms with Gasteiger partial charge in [-0.1, -0.05) is 18.8 Å². The Kier molecular flexibility index (Phi) is 6.42. The van der Waals surface area contributed by atoms with Gasteiger partial charge in [0.05, 0.1) is 12.2 Å². The molecule has 0 rings (SSSR count). The van der Waals surface area contributed by atoms with Crippen LogP contribution in [0.5, 0.6) is 0 Å². The molecule has 0 aliphatic rings. The lowest BCUT2D eigenvalue weighted by molar-refractivity contribution is -0.0398. The van der Waals surface area contributed by atoms with Crippen molar-refractivity contribution in [3.8, 4) is 11.8 Å². The Morgan fingerprint density at radius 3 is 2.06 bits per heavy atom. The fourth-order valence-corrected chi connectivity index (χ4v) is 1.01. The van der Waals surface area contributed by atoms with E-state index in [1.807, 2.05) is 6.92 Å². The molecule has 94 valence electrons. The molecule has 0 unspecified atom stereocenters. The first-order valence-electron chi connectivity index (χ1n) is 5.40. The highest BCUT2D eigenvalue weighted by Gasteiger charge is 2.19. The third-order valence-electron chi connectivity index (χ3n) is 2.00. The molecule has 0 spiro atoms. The van der Waals surface area contributed by atoms with Crippen molar-refractivity contribution in [2.75, 3.05) is 0 Å². The second-order valence-corrected chi connectivity index (χ2v) is 5.39. The van der Waals surface area contributed by atoms with Gasteiger partial charge in [0.2, 0.25) is 0 Å². The Bertz CT molecular complexity index is 258. The minimum Gasteiger partial charge on any atom is -0.391 e. The van der Waals surface area contributed by atoms with E-state index in [4.69, 9.17) is 4.74 Å². The maximum atomic E-state index is 9.49. The summed E-state index contributed by atoms with van der Waals surface area (Å²) in [6, 6.07) is 0. The zero-order chi connectivity index (χ0) is 12.9. The van der Waals surface area contributed by atoms with Crippen molar-refractivity contribution < 1.29 is 14.9 Å². The molecule has 4 heteroatoms. The van der Waals surface area contributed by atoms with Crippen LogP contribution in [0.2, 0.25) is 0 Å². The van der Waals surface area contributed by atoms with Crippen molar-refractivity contribution in [2.24, 2.45) is 0 Å². The van der Waals surface area contributed by atoms with Crippen LogP contribution >= 0.6 is 12.6 Å². The molecule has 3 nitrogen and oxygen atoms in total. The number of hydrogen-bond donors (Lipinski definition) is 3. The molecule has 0 saturated heterocycles. The van der Waals surface area contributed by atoms with Crippen LogP contribution in [0.3, 0.4) is 0 Å². The van der Waals surface area contributed by atoms with Crippen LogP contribution < -0.4 is 0 Å². The number of ether oxygens (including phenoxy) is 1. The molecule has 0 fully saturated rings. The Balaban J connectivity index is 4.56. The number of aliphatic hydroxyl groups is 2. The van der Waals surface area contributed by atoms with Crippen LogP contribution in [0.4, 0.5) is 0 Å². The van der Waals surface area contributed by atoms with Crippen LogP contribution in [0.15, 0.2) is 0 Å². The standard InChI is InChI=1S/C12H22O3S/c1-8(13)9(2)15-11(10(3)16)6-7-12(4,5)14/h8-11,13-14,16H,1-5H3/t8-,9-,10-,11+/m1/s1. The summed E-state index contributed by atoms with van der Waals surface area (Å²) in [5.41, 5.74) is -1.04. The molecule has 0 heterocycles. The van der Waals surface area contributed by atoms with Crippen LogP contribution in [0.1, 0.15) is 34.6 Å². The molecular weight excluding hydrogens is 224 g/mol. The lowest BCUT2D eigenvalue weighted by Gasteiger charge is -2.23.